The summed E-state index contributed by atoms with van der Waals surface area (Å²) in [5, 5.41) is 10.5. The van der Waals surface area contributed by atoms with Gasteiger partial charge in [0.05, 0.1) is 22.5 Å². The van der Waals surface area contributed by atoms with Crippen molar-refractivity contribution in [3.63, 3.8) is 0 Å². The first kappa shape index (κ1) is 26.1. The quantitative estimate of drug-likeness (QED) is 0.255. The summed E-state index contributed by atoms with van der Waals surface area (Å²) in [6.45, 7) is 0. The maximum Gasteiger partial charge on any atom is 0.269 e. The second-order valence-electron chi connectivity index (χ2n) is 8.84. The minimum absolute atomic E-state index is 0.0820. The number of nitrogens with two attached hydrogens (primary N) is 1. The zero-order valence-corrected chi connectivity index (χ0v) is 23.6. The Morgan fingerprint density at radius 2 is 1.52 bits per heavy atom. The predicted octanol–water partition coefficient (Wildman–Crippen LogP) is 5.36. The summed E-state index contributed by atoms with van der Waals surface area (Å²) in [7, 11) is -3.95. The lowest BCUT2D eigenvalue weighted by molar-refractivity contribution is 0.597. The number of halogens is 2. The lowest BCUT2D eigenvalue weighted by Crippen LogP contribution is -2.22. The average Bonchev–Trinajstić information content (AvgIpc) is 3.38. The van der Waals surface area contributed by atoms with E-state index in [-0.39, 0.29) is 21.5 Å². The third-order valence-electron chi connectivity index (χ3n) is 6.28. The van der Waals surface area contributed by atoms with Crippen LogP contribution in [0.25, 0.3) is 44.9 Å². The van der Waals surface area contributed by atoms with Crippen LogP contribution in [0.2, 0.25) is 5.02 Å². The van der Waals surface area contributed by atoms with Crippen LogP contribution in [0, 0.1) is 0 Å². The molecule has 0 spiro atoms. The van der Waals surface area contributed by atoms with Crippen LogP contribution in [-0.4, -0.2) is 32.7 Å². The van der Waals surface area contributed by atoms with Crippen LogP contribution in [0.1, 0.15) is 0 Å². The molecule has 0 radical (unpaired) electrons. The van der Waals surface area contributed by atoms with Crippen molar-refractivity contribution < 1.29 is 8.42 Å². The molecule has 9 nitrogen and oxygen atoms in total. The van der Waals surface area contributed by atoms with Gasteiger partial charge < -0.3 is 0 Å². The molecule has 0 aliphatic rings. The van der Waals surface area contributed by atoms with Crippen LogP contribution < -0.4 is 10.7 Å². The van der Waals surface area contributed by atoms with Gasteiger partial charge in [0.1, 0.15) is 15.8 Å². The predicted molar refractivity (Wildman–Crippen MR) is 157 cm³/mol. The molecule has 0 bridgehead atoms. The molecule has 3 aromatic carbocycles. The van der Waals surface area contributed by atoms with Gasteiger partial charge in [-0.25, -0.2) is 28.2 Å². The number of pyridine rings is 1. The molecule has 0 unspecified atom stereocenters. The third kappa shape index (κ3) is 4.84. The summed E-state index contributed by atoms with van der Waals surface area (Å²) in [5.41, 5.74) is 3.42. The fourth-order valence-electron chi connectivity index (χ4n) is 4.33. The van der Waals surface area contributed by atoms with Gasteiger partial charge in [-0.05, 0) is 70.0 Å². The maximum atomic E-state index is 13.9. The number of aromatic nitrogens is 5. The van der Waals surface area contributed by atoms with E-state index in [4.69, 9.17) is 21.7 Å². The molecule has 6 rings (SSSR count). The van der Waals surface area contributed by atoms with Crippen molar-refractivity contribution in [1.29, 1.82) is 0 Å². The largest absolute Gasteiger partial charge is 0.269 e. The fraction of sp³-hybridized carbons (Fsp3) is 0. The molecule has 0 saturated heterocycles. The summed E-state index contributed by atoms with van der Waals surface area (Å²) in [6.07, 6.45) is 3.18. The van der Waals surface area contributed by atoms with E-state index in [2.05, 4.69) is 26.0 Å². The maximum absolute atomic E-state index is 13.9. The van der Waals surface area contributed by atoms with Crippen LogP contribution in [-0.2, 0) is 10.0 Å². The Kier molecular flexibility index (Phi) is 6.59. The number of benzene rings is 3. The second-order valence-corrected chi connectivity index (χ2v) is 11.6. The smallest absolute Gasteiger partial charge is 0.268 e. The number of hydrogen-bond donors (Lipinski definition) is 1. The van der Waals surface area contributed by atoms with Gasteiger partial charge in [0.15, 0.2) is 5.65 Å². The molecule has 0 aliphatic carbocycles. The summed E-state index contributed by atoms with van der Waals surface area (Å²) >= 11 is 9.47. The number of sulfonamides is 1. The van der Waals surface area contributed by atoms with E-state index in [1.165, 1.54) is 27.6 Å². The zero-order chi connectivity index (χ0) is 28.0. The molecule has 12 heteroatoms. The highest BCUT2D eigenvalue weighted by Crippen LogP contribution is 2.28. The Morgan fingerprint density at radius 1 is 0.825 bits per heavy atom. The van der Waals surface area contributed by atoms with E-state index in [0.717, 1.165) is 15.7 Å². The molecule has 3 heterocycles. The SMILES string of the molecule is NS(=O)(=O)c1cccc(-n2ncc3c(=O)n(-c4ccc(Cl)cc4)c(-c4ccc(-c5ccc(Br)nc5)cc4)nc32)c1. The molecular formula is C28H18BrClN6O3S. The topological polar surface area (TPSA) is 126 Å². The standard InChI is InChI=1S/C28H18BrClN6O3S/c29-25-13-8-19(15-32-25)17-4-6-18(7-5-17)26-34-27-24(28(37)35(26)21-11-9-20(30)10-12-21)16-33-36(27)22-2-1-3-23(14-22)40(31,38)39/h1-16H,(H2,31,38,39). The number of rotatable bonds is 5. The molecule has 0 amide bonds. The van der Waals surface area contributed by atoms with Crippen molar-refractivity contribution in [2.75, 3.05) is 0 Å². The van der Waals surface area contributed by atoms with Gasteiger partial charge >= 0.3 is 0 Å². The minimum atomic E-state index is -3.95. The van der Waals surface area contributed by atoms with Crippen LogP contribution in [0.3, 0.4) is 0 Å². The number of fused-ring (bicyclic) bond motifs is 1. The highest BCUT2D eigenvalue weighted by atomic mass is 79.9. The summed E-state index contributed by atoms with van der Waals surface area (Å²) in [4.78, 5) is 23.0. The Labute approximate surface area is 241 Å². The Bertz CT molecular complexity index is 2060. The first-order valence-corrected chi connectivity index (χ1v) is 14.5. The van der Waals surface area contributed by atoms with Gasteiger partial charge in [-0.15, -0.1) is 0 Å². The van der Waals surface area contributed by atoms with Gasteiger partial charge in [-0.3, -0.25) is 9.36 Å². The molecule has 6 aromatic rings. The van der Waals surface area contributed by atoms with Crippen LogP contribution >= 0.6 is 27.5 Å². The lowest BCUT2D eigenvalue weighted by Gasteiger charge is -2.14. The molecule has 2 N–H and O–H groups in total. The Balaban J connectivity index is 1.57. The average molecular weight is 634 g/mol. The van der Waals surface area contributed by atoms with Crippen molar-refractivity contribution in [2.24, 2.45) is 5.14 Å². The minimum Gasteiger partial charge on any atom is -0.268 e. The number of hydrogen-bond acceptors (Lipinski definition) is 6. The van der Waals surface area contributed by atoms with E-state index in [1.807, 2.05) is 36.4 Å². The van der Waals surface area contributed by atoms with Crippen LogP contribution in [0.15, 0.2) is 112 Å². The molecule has 0 atom stereocenters. The fourth-order valence-corrected chi connectivity index (χ4v) is 5.24. The van der Waals surface area contributed by atoms with Gasteiger partial charge in [0, 0.05) is 22.3 Å². The van der Waals surface area contributed by atoms with Crippen molar-refractivity contribution in [3.05, 3.63) is 117 Å². The molecular weight excluding hydrogens is 616 g/mol. The molecule has 40 heavy (non-hydrogen) atoms. The van der Waals surface area contributed by atoms with Gasteiger partial charge in [0.2, 0.25) is 10.0 Å². The van der Waals surface area contributed by atoms with E-state index in [1.54, 1.807) is 42.6 Å². The van der Waals surface area contributed by atoms with Gasteiger partial charge in [-0.2, -0.15) is 5.10 Å². The second kappa shape index (κ2) is 10.1. The first-order valence-electron chi connectivity index (χ1n) is 11.8. The highest BCUT2D eigenvalue weighted by molar-refractivity contribution is 9.10. The van der Waals surface area contributed by atoms with E-state index >= 15 is 0 Å². The number of primary sulfonamides is 1. The Morgan fingerprint density at radius 3 is 2.20 bits per heavy atom. The van der Waals surface area contributed by atoms with E-state index in [9.17, 15) is 13.2 Å². The van der Waals surface area contributed by atoms with E-state index < -0.39 is 10.0 Å². The molecule has 198 valence electrons. The monoisotopic (exact) mass is 632 g/mol. The molecule has 3 aromatic heterocycles. The first-order chi connectivity index (χ1) is 19.2. The summed E-state index contributed by atoms with van der Waals surface area (Å²) in [6, 6.07) is 24.3. The van der Waals surface area contributed by atoms with Crippen molar-refractivity contribution in [2.45, 2.75) is 4.90 Å². The van der Waals surface area contributed by atoms with Crippen molar-refractivity contribution in [1.82, 2.24) is 24.3 Å². The number of nitrogens with zero attached hydrogens (tertiary/aromatic N) is 5. The van der Waals surface area contributed by atoms with E-state index in [0.29, 0.717) is 27.8 Å². The summed E-state index contributed by atoms with van der Waals surface area (Å²) in [5.74, 6) is 0.365. The normalized spacial score (nSPS) is 11.7. The molecule has 0 fully saturated rings. The van der Waals surface area contributed by atoms with Crippen LogP contribution in [0.5, 0.6) is 0 Å². The zero-order valence-electron chi connectivity index (χ0n) is 20.4. The lowest BCUT2D eigenvalue weighted by atomic mass is 10.1. The molecule has 0 saturated carbocycles. The van der Waals surface area contributed by atoms with Crippen molar-refractivity contribution in [3.8, 4) is 33.9 Å². The third-order valence-corrected chi connectivity index (χ3v) is 7.91. The highest BCUT2D eigenvalue weighted by Gasteiger charge is 2.19. The van der Waals surface area contributed by atoms with Crippen molar-refractivity contribution >= 4 is 48.6 Å². The van der Waals surface area contributed by atoms with Crippen LogP contribution in [0.4, 0.5) is 0 Å². The Hall–Kier alpha value is -4.16. The summed E-state index contributed by atoms with van der Waals surface area (Å²) < 4.78 is 27.6. The van der Waals surface area contributed by atoms with Gasteiger partial charge in [-0.1, -0.05) is 48.0 Å². The van der Waals surface area contributed by atoms with Gasteiger partial charge in [0.25, 0.3) is 5.56 Å². The molecule has 0 aliphatic heterocycles.